The third kappa shape index (κ3) is 2.21. The number of benzene rings is 1. The van der Waals surface area contributed by atoms with Crippen LogP contribution in [0.15, 0.2) is 24.3 Å². The minimum absolute atomic E-state index is 0.0709. The highest BCUT2D eigenvalue weighted by Gasteiger charge is 2.79. The van der Waals surface area contributed by atoms with Crippen molar-refractivity contribution < 1.29 is 14.6 Å². The van der Waals surface area contributed by atoms with Crippen LogP contribution in [0.5, 0.6) is 11.5 Å². The maximum Gasteiger partial charge on any atom is 0.165 e. The first-order valence-electron chi connectivity index (χ1n) is 11.3. The first-order chi connectivity index (χ1) is 15.0. The molecule has 1 saturated carbocycles. The Bertz CT molecular complexity index is 951. The monoisotopic (exact) mass is 464 g/mol. The molecule has 0 amide bonds. The molecule has 5 nitrogen and oxygen atoms in total. The third-order valence-electron chi connectivity index (χ3n) is 9.22. The lowest BCUT2D eigenvalue weighted by molar-refractivity contribution is -0.217. The minimum atomic E-state index is -0.611. The number of rotatable bonds is 6. The van der Waals surface area contributed by atoms with Crippen LogP contribution < -0.4 is 4.74 Å². The standard InChI is InChI=1S/C24H30Cl2N2O3/c1-27-10-7-23-19-15-3-4-16(29)20(19)31-21(23)24(30-2)6-5-22(23,17(27)13-15)14-18(24)28(11-8-25)12-9-26/h3-6,17-18,21,29H,7-14H2,1-2H3/t17-,18+,21-,22?,23+,24?/m1/s1. The maximum atomic E-state index is 10.8. The number of aromatic hydroxyl groups is 1. The highest BCUT2D eigenvalue weighted by molar-refractivity contribution is 6.18. The normalized spacial score (nSPS) is 41.5. The Hall–Kier alpha value is -0.980. The van der Waals surface area contributed by atoms with Gasteiger partial charge < -0.3 is 19.5 Å². The second-order valence-electron chi connectivity index (χ2n) is 9.93. The van der Waals surface area contributed by atoms with Crippen LogP contribution in [-0.2, 0) is 16.6 Å². The van der Waals surface area contributed by atoms with Crippen LogP contribution in [0.25, 0.3) is 0 Å². The summed E-state index contributed by atoms with van der Waals surface area (Å²) >= 11 is 12.5. The molecule has 31 heavy (non-hydrogen) atoms. The first kappa shape index (κ1) is 20.6. The molecule has 1 aromatic rings. The molecule has 7 rings (SSSR count). The number of piperidine rings is 1. The van der Waals surface area contributed by atoms with Crippen LogP contribution in [0.4, 0.5) is 0 Å². The largest absolute Gasteiger partial charge is 0.504 e. The number of likely N-dealkylation sites (N-methyl/N-ethyl adjacent to an activating group) is 1. The number of methoxy groups -OCH3 is 1. The highest BCUT2D eigenvalue weighted by atomic mass is 35.5. The Morgan fingerprint density at radius 1 is 1.26 bits per heavy atom. The van der Waals surface area contributed by atoms with Crippen molar-refractivity contribution in [1.82, 2.24) is 9.80 Å². The van der Waals surface area contributed by atoms with Gasteiger partial charge in [-0.3, -0.25) is 4.90 Å². The average molecular weight is 465 g/mol. The minimum Gasteiger partial charge on any atom is -0.504 e. The van der Waals surface area contributed by atoms with Gasteiger partial charge in [0.15, 0.2) is 11.5 Å². The van der Waals surface area contributed by atoms with E-state index in [1.807, 2.05) is 0 Å². The zero-order chi connectivity index (χ0) is 21.6. The van der Waals surface area contributed by atoms with E-state index in [2.05, 4.69) is 35.1 Å². The molecule has 2 fully saturated rings. The SMILES string of the molecule is COC12C=CC3(C[C@@H]1N(CCCl)CCCl)[C@H]1Cc4ccc(O)c5c4[C@@]3(CCN1C)[C@H]2O5. The average Bonchev–Trinajstić information content (AvgIpc) is 3.15. The van der Waals surface area contributed by atoms with Crippen LogP contribution in [0.3, 0.4) is 0 Å². The van der Waals surface area contributed by atoms with Gasteiger partial charge in [-0.15, -0.1) is 23.2 Å². The van der Waals surface area contributed by atoms with Crippen LogP contribution in [0, 0.1) is 5.41 Å². The van der Waals surface area contributed by atoms with E-state index in [0.29, 0.717) is 23.6 Å². The molecule has 6 aliphatic rings. The van der Waals surface area contributed by atoms with Gasteiger partial charge in [-0.1, -0.05) is 18.2 Å². The molecule has 0 radical (unpaired) electrons. The van der Waals surface area contributed by atoms with Gasteiger partial charge in [0, 0.05) is 55.0 Å². The van der Waals surface area contributed by atoms with E-state index >= 15 is 0 Å². The quantitative estimate of drug-likeness (QED) is 0.517. The molecule has 1 saturated heterocycles. The van der Waals surface area contributed by atoms with Gasteiger partial charge >= 0.3 is 0 Å². The molecule has 4 aliphatic carbocycles. The Morgan fingerprint density at radius 3 is 2.74 bits per heavy atom. The fourth-order valence-electron chi connectivity index (χ4n) is 8.07. The highest BCUT2D eigenvalue weighted by Crippen LogP contribution is 2.73. The van der Waals surface area contributed by atoms with Crippen LogP contribution in [-0.4, -0.2) is 84.2 Å². The lowest BCUT2D eigenvalue weighted by Crippen LogP contribution is -2.81. The van der Waals surface area contributed by atoms with E-state index in [0.717, 1.165) is 38.9 Å². The van der Waals surface area contributed by atoms with Crippen molar-refractivity contribution in [1.29, 1.82) is 0 Å². The summed E-state index contributed by atoms with van der Waals surface area (Å²) in [7, 11) is 4.06. The van der Waals surface area contributed by atoms with Crippen molar-refractivity contribution >= 4 is 23.2 Å². The summed E-state index contributed by atoms with van der Waals surface area (Å²) in [5, 5.41) is 10.8. The molecule has 2 spiro atoms. The molecule has 2 heterocycles. The number of hydrogen-bond donors (Lipinski definition) is 1. The number of likely N-dealkylation sites (tertiary alicyclic amines) is 1. The summed E-state index contributed by atoms with van der Waals surface area (Å²) in [6.45, 7) is 2.54. The molecule has 4 bridgehead atoms. The second kappa shape index (κ2) is 6.77. The van der Waals surface area contributed by atoms with Crippen molar-refractivity contribution in [3.63, 3.8) is 0 Å². The van der Waals surface area contributed by atoms with Gasteiger partial charge in [0.05, 0.1) is 5.41 Å². The maximum absolute atomic E-state index is 10.8. The molecule has 1 aromatic carbocycles. The fraction of sp³-hybridized carbons (Fsp3) is 0.667. The summed E-state index contributed by atoms with van der Waals surface area (Å²) in [5.74, 6) is 2.03. The number of halogens is 2. The van der Waals surface area contributed by atoms with E-state index in [1.54, 1.807) is 13.2 Å². The fourth-order valence-corrected chi connectivity index (χ4v) is 8.51. The second-order valence-corrected chi connectivity index (χ2v) is 10.7. The number of hydrogen-bond acceptors (Lipinski definition) is 5. The third-order valence-corrected chi connectivity index (χ3v) is 9.56. The van der Waals surface area contributed by atoms with Gasteiger partial charge in [-0.2, -0.15) is 0 Å². The van der Waals surface area contributed by atoms with Crippen molar-refractivity contribution in [2.75, 3.05) is 45.6 Å². The van der Waals surface area contributed by atoms with Gasteiger partial charge in [-0.05, 0) is 44.5 Å². The number of phenols is 1. The smallest absolute Gasteiger partial charge is 0.165 e. The Balaban J connectivity index is 1.61. The van der Waals surface area contributed by atoms with Crippen molar-refractivity contribution in [2.45, 2.75) is 48.5 Å². The van der Waals surface area contributed by atoms with Gasteiger partial charge in [0.25, 0.3) is 0 Å². The predicted octanol–water partition coefficient (Wildman–Crippen LogP) is 3.14. The van der Waals surface area contributed by atoms with Crippen LogP contribution in [0.2, 0.25) is 0 Å². The number of ether oxygens (including phenoxy) is 2. The van der Waals surface area contributed by atoms with Crippen LogP contribution >= 0.6 is 23.2 Å². The summed E-state index contributed by atoms with van der Waals surface area (Å²) in [6.07, 6.45) is 7.50. The van der Waals surface area contributed by atoms with E-state index in [1.165, 1.54) is 11.1 Å². The molecule has 7 heteroatoms. The van der Waals surface area contributed by atoms with E-state index < -0.39 is 5.60 Å². The van der Waals surface area contributed by atoms with Crippen molar-refractivity contribution in [2.24, 2.45) is 5.41 Å². The van der Waals surface area contributed by atoms with E-state index in [-0.39, 0.29) is 28.7 Å². The number of phenolic OH excluding ortho intramolecular Hbond substituents is 1. The number of alkyl halides is 2. The van der Waals surface area contributed by atoms with Gasteiger partial charge in [0.1, 0.15) is 11.7 Å². The van der Waals surface area contributed by atoms with Crippen molar-refractivity contribution in [3.05, 3.63) is 35.4 Å². The summed E-state index contributed by atoms with van der Waals surface area (Å²) < 4.78 is 13.2. The number of nitrogens with zero attached hydrogens (tertiary/aromatic N) is 2. The van der Waals surface area contributed by atoms with E-state index in [9.17, 15) is 5.11 Å². The van der Waals surface area contributed by atoms with Crippen molar-refractivity contribution in [3.8, 4) is 11.5 Å². The summed E-state index contributed by atoms with van der Waals surface area (Å²) in [4.78, 5) is 4.94. The van der Waals surface area contributed by atoms with Crippen LogP contribution in [0.1, 0.15) is 24.0 Å². The molecule has 168 valence electrons. The number of fused-ring (bicyclic) bond motifs is 1. The predicted molar refractivity (Wildman–Crippen MR) is 122 cm³/mol. The van der Waals surface area contributed by atoms with Gasteiger partial charge in [-0.25, -0.2) is 0 Å². The zero-order valence-corrected chi connectivity index (χ0v) is 19.6. The molecule has 2 unspecified atom stereocenters. The van der Waals surface area contributed by atoms with Gasteiger partial charge in [0.2, 0.25) is 0 Å². The Kier molecular flexibility index (Phi) is 4.50. The summed E-state index contributed by atoms with van der Waals surface area (Å²) in [5.41, 5.74) is 1.70. The molecular weight excluding hydrogens is 435 g/mol. The molecule has 2 aliphatic heterocycles. The topological polar surface area (TPSA) is 45.2 Å². The lowest BCUT2D eigenvalue weighted by Gasteiger charge is -2.71. The lowest BCUT2D eigenvalue weighted by atomic mass is 9.38. The molecular formula is C24H30Cl2N2O3. The zero-order valence-electron chi connectivity index (χ0n) is 18.1. The molecule has 0 aromatic heterocycles. The molecule has 1 N–H and O–H groups in total. The van der Waals surface area contributed by atoms with E-state index in [4.69, 9.17) is 32.7 Å². The Morgan fingerprint density at radius 2 is 2.03 bits per heavy atom. The molecule has 6 atom stereocenters. The Labute approximate surface area is 193 Å². The summed E-state index contributed by atoms with van der Waals surface area (Å²) in [6, 6.07) is 4.41. The first-order valence-corrected chi connectivity index (χ1v) is 12.4.